The Balaban J connectivity index is 0.000000222. The molecule has 0 bridgehead atoms. The van der Waals surface area contributed by atoms with Crippen LogP contribution in [0.2, 0.25) is 10.0 Å². The Bertz CT molecular complexity index is 1520. The van der Waals surface area contributed by atoms with Gasteiger partial charge in [0.1, 0.15) is 11.6 Å². The molecule has 5 rings (SSSR count). The third-order valence-electron chi connectivity index (χ3n) is 6.58. The molecule has 0 saturated carbocycles. The summed E-state index contributed by atoms with van der Waals surface area (Å²) in [4.78, 5) is 35.8. The van der Waals surface area contributed by atoms with Crippen LogP contribution in [-0.4, -0.2) is 79.1 Å². The number of carboxylic acids is 1. The summed E-state index contributed by atoms with van der Waals surface area (Å²) in [6.07, 6.45) is 3.93. The molecule has 9 nitrogen and oxygen atoms in total. The average molecular weight is 1020 g/mol. The second-order valence-corrected chi connectivity index (χ2v) is 46.2. The molecule has 1 saturated heterocycles. The number of halogens is 5. The van der Waals surface area contributed by atoms with Gasteiger partial charge < -0.3 is 24.0 Å². The second-order valence-electron chi connectivity index (χ2n) is 9.97. The van der Waals surface area contributed by atoms with Crippen LogP contribution in [0, 0.1) is 0 Å². The predicted octanol–water partition coefficient (Wildman–Crippen LogP) is 7.08. The summed E-state index contributed by atoms with van der Waals surface area (Å²) in [6, 6.07) is 14.9. The van der Waals surface area contributed by atoms with Gasteiger partial charge in [-0.2, -0.15) is 0 Å². The fraction of sp³-hybridized carbons (Fsp3) is 0.310. The van der Waals surface area contributed by atoms with Crippen LogP contribution < -0.4 is 0 Å². The zero-order valence-corrected chi connectivity index (χ0v) is 33.7. The van der Waals surface area contributed by atoms with Crippen molar-refractivity contribution in [3.05, 3.63) is 82.4 Å². The molecule has 0 radical (unpaired) electrons. The molecule has 44 heavy (non-hydrogen) atoms. The van der Waals surface area contributed by atoms with Crippen molar-refractivity contribution in [3.8, 4) is 22.8 Å². The Morgan fingerprint density at radius 2 is 1.14 bits per heavy atom. The van der Waals surface area contributed by atoms with Crippen molar-refractivity contribution in [3.63, 3.8) is 0 Å². The maximum atomic E-state index is 12.4. The van der Waals surface area contributed by atoms with E-state index in [1.165, 1.54) is 0 Å². The van der Waals surface area contributed by atoms with Crippen molar-refractivity contribution in [1.29, 1.82) is 0 Å². The van der Waals surface area contributed by atoms with Gasteiger partial charge in [0.05, 0.1) is 24.2 Å². The molecule has 1 N–H and O–H groups in total. The van der Waals surface area contributed by atoms with E-state index in [0.717, 1.165) is 54.6 Å². The molecule has 1 aliphatic heterocycles. The summed E-state index contributed by atoms with van der Waals surface area (Å²) in [5.41, 5.74) is 3.26. The second kappa shape index (κ2) is 18.5. The average Bonchev–Trinajstić information content (AvgIpc) is 3.50. The molecular formula is C29H32Cl2I3N6O3V. The maximum absolute atomic E-state index is 12.4. The van der Waals surface area contributed by atoms with Crippen LogP contribution in [0.3, 0.4) is 0 Å². The normalized spacial score (nSPS) is 13.2. The number of carboxylic acid groups (broad SMARTS) is 1. The summed E-state index contributed by atoms with van der Waals surface area (Å²) < 4.78 is 3.76. The molecule has 1 fully saturated rings. The summed E-state index contributed by atoms with van der Waals surface area (Å²) in [5, 5.41) is 10.1. The third-order valence-corrected chi connectivity index (χ3v) is 7.08. The number of rotatable bonds is 6. The Morgan fingerprint density at radius 3 is 1.52 bits per heavy atom. The van der Waals surface area contributed by atoms with Crippen LogP contribution in [0.15, 0.2) is 60.9 Å². The Hall–Kier alpha value is -0.886. The summed E-state index contributed by atoms with van der Waals surface area (Å²) in [5.74, 6) is 0.852. The Morgan fingerprint density at radius 1 is 0.750 bits per heavy atom. The van der Waals surface area contributed by atoms with Crippen molar-refractivity contribution in [2.24, 2.45) is 14.1 Å². The van der Waals surface area contributed by atoms with E-state index >= 15 is 0 Å². The predicted molar refractivity (Wildman–Crippen MR) is 198 cm³/mol. The van der Waals surface area contributed by atoms with Crippen LogP contribution in [0.4, 0.5) is 0 Å². The number of piperazine rings is 1. The molecule has 1 aliphatic rings. The third kappa shape index (κ3) is 12.4. The van der Waals surface area contributed by atoms with Crippen LogP contribution in [0.25, 0.3) is 22.8 Å². The van der Waals surface area contributed by atoms with Gasteiger partial charge in [-0.15, -0.1) is 0 Å². The molecule has 4 aromatic rings. The van der Waals surface area contributed by atoms with E-state index in [1.807, 2.05) is 70.7 Å². The molecule has 0 atom stereocenters. The van der Waals surface area contributed by atoms with Crippen LogP contribution in [-0.2, 0) is 41.4 Å². The molecule has 0 aliphatic carbocycles. The molecule has 1 amide bonds. The first kappa shape index (κ1) is 37.6. The summed E-state index contributed by atoms with van der Waals surface area (Å²) >= 11 is 19.1. The van der Waals surface area contributed by atoms with Gasteiger partial charge in [-0.3, -0.25) is 9.59 Å². The first-order valence-electron chi connectivity index (χ1n) is 13.3. The number of imidazole rings is 2. The first-order chi connectivity index (χ1) is 20.8. The van der Waals surface area contributed by atoms with E-state index in [-0.39, 0.29) is 17.2 Å². The fourth-order valence-electron chi connectivity index (χ4n) is 4.44. The quantitative estimate of drug-likeness (QED) is 0.208. The number of carbonyl (C=O) groups excluding carboxylic acids is 1. The van der Waals surface area contributed by atoms with Gasteiger partial charge in [0.25, 0.3) is 0 Å². The van der Waals surface area contributed by atoms with Crippen molar-refractivity contribution < 1.29 is 19.6 Å². The van der Waals surface area contributed by atoms with Gasteiger partial charge in [0.2, 0.25) is 5.91 Å². The zero-order chi connectivity index (χ0) is 32.4. The molecular weight excluding hydrogens is 983 g/mol. The van der Waals surface area contributed by atoms with Gasteiger partial charge in [0.15, 0.2) is 0 Å². The number of aryl methyl sites for hydroxylation is 2. The first-order valence-corrected chi connectivity index (χ1v) is 27.6. The van der Waals surface area contributed by atoms with Crippen molar-refractivity contribution in [2.45, 2.75) is 12.8 Å². The van der Waals surface area contributed by atoms with E-state index in [4.69, 9.17) is 28.3 Å². The van der Waals surface area contributed by atoms with Gasteiger partial charge in [-0.1, -0.05) is 23.2 Å². The summed E-state index contributed by atoms with van der Waals surface area (Å²) in [7, 11) is 5.86. The van der Waals surface area contributed by atoms with E-state index < -0.39 is 5.97 Å². The van der Waals surface area contributed by atoms with Crippen LogP contribution in [0.5, 0.6) is 0 Å². The molecule has 236 valence electrons. The van der Waals surface area contributed by atoms with Gasteiger partial charge in [-0.25, -0.2) is 9.97 Å². The van der Waals surface area contributed by atoms with Crippen molar-refractivity contribution in [2.75, 3.05) is 33.2 Å². The molecule has 3 heterocycles. The number of benzene rings is 2. The van der Waals surface area contributed by atoms with Gasteiger partial charge in [-0.05, 0) is 55.6 Å². The number of likely N-dealkylation sites (N-methyl/N-ethyl adjacent to an activating group) is 1. The number of hydrogen-bond acceptors (Lipinski definition) is 5. The minimum absolute atomic E-state index is 0.0680. The molecule has 15 heteroatoms. The Kier molecular flexibility index (Phi) is 15.8. The molecule has 0 spiro atoms. The van der Waals surface area contributed by atoms with Gasteiger partial charge in [0, 0.05) is 73.8 Å². The van der Waals surface area contributed by atoms with E-state index in [0.29, 0.717) is 22.2 Å². The fourth-order valence-corrected chi connectivity index (χ4v) is 4.69. The number of hydrogen-bond donors (Lipinski definition) is 1. The summed E-state index contributed by atoms with van der Waals surface area (Å²) in [6.45, 7) is 3.46. The number of aromatic nitrogens is 4. The Labute approximate surface area is 305 Å². The van der Waals surface area contributed by atoms with Crippen molar-refractivity contribution in [1.82, 2.24) is 28.9 Å². The SMILES string of the molecule is CN1CCN(C(=O)Cc2cn(C)c(-c3ccc(Cl)cc3)n2)CC1.Cn1cc(CC(=O)O)nc1-c1ccc(Cl)cc1.[I][V]([I])[I]. The molecule has 2 aromatic heterocycles. The molecule has 2 aromatic carbocycles. The van der Waals surface area contributed by atoms with E-state index in [2.05, 4.69) is 81.9 Å². The zero-order valence-electron chi connectivity index (χ0n) is 24.3. The topological polar surface area (TPSA) is 96.5 Å². The number of carbonyl (C=O) groups is 2. The standard InChI is InChI=1S/C17H21ClN4O.C12H11ClN2O2.3HI.V/c1-20-7-9-22(10-8-20)16(23)11-15-12-21(2)17(19-15)13-3-5-14(18)6-4-13;1-15-7-10(6-11(16)17)14-12(15)8-2-4-9(13)5-3-8;;;;/h3-6,12H,7-11H2,1-2H3;2-5,7H,6H2,1H3,(H,16,17);3*1H;/q;;;;;+3/p-3. The van der Waals surface area contributed by atoms with E-state index in [1.54, 1.807) is 18.3 Å². The van der Waals surface area contributed by atoms with Crippen LogP contribution in [0.1, 0.15) is 11.4 Å². The minimum atomic E-state index is -0.884. The van der Waals surface area contributed by atoms with Crippen molar-refractivity contribution >= 4 is 95.0 Å². The molecule has 0 unspecified atom stereocenters. The number of aliphatic carboxylic acids is 1. The van der Waals surface area contributed by atoms with Crippen LogP contribution >= 0.6 is 83.1 Å². The number of amides is 1. The number of nitrogens with zero attached hydrogens (tertiary/aromatic N) is 6. The van der Waals surface area contributed by atoms with Gasteiger partial charge >= 0.3 is 70.8 Å². The monoisotopic (exact) mass is 1010 g/mol. The van der Waals surface area contributed by atoms with E-state index in [9.17, 15) is 9.59 Å².